The molecule has 6 nitrogen and oxygen atoms in total. The Morgan fingerprint density at radius 2 is 1.92 bits per heavy atom. The highest BCUT2D eigenvalue weighted by Crippen LogP contribution is 2.14. The van der Waals surface area contributed by atoms with E-state index in [-0.39, 0.29) is 23.0 Å². The third-order valence-corrected chi connectivity index (χ3v) is 4.75. The van der Waals surface area contributed by atoms with E-state index in [1.165, 1.54) is 30.3 Å². The number of halogens is 1. The molecule has 2 aromatic carbocycles. The molecule has 0 fully saturated rings. The van der Waals surface area contributed by atoms with Crippen molar-refractivity contribution in [3.8, 4) is 0 Å². The standard InChI is InChI=1S/C18H22FN3O3S/c1-2-22(13-14-5-3-6-15(19)11-14)10-9-18(23)21-16-7-4-8-17(12-16)26(20,24)25/h3-8,11-12H,2,9-10,13H2,1H3,(H,21,23)(H2,20,24,25). The summed E-state index contributed by atoms with van der Waals surface area (Å²) in [6.07, 6.45) is 0.225. The molecule has 0 aliphatic rings. The number of rotatable bonds is 8. The van der Waals surface area contributed by atoms with Gasteiger partial charge in [0.1, 0.15) is 5.82 Å². The van der Waals surface area contributed by atoms with Gasteiger partial charge < -0.3 is 5.32 Å². The first kappa shape index (κ1) is 20.0. The van der Waals surface area contributed by atoms with E-state index in [1.54, 1.807) is 12.1 Å². The summed E-state index contributed by atoms with van der Waals surface area (Å²) in [5.41, 5.74) is 1.21. The van der Waals surface area contributed by atoms with Crippen molar-refractivity contribution >= 4 is 21.6 Å². The van der Waals surface area contributed by atoms with Crippen LogP contribution in [0.3, 0.4) is 0 Å². The number of anilines is 1. The highest BCUT2D eigenvalue weighted by Gasteiger charge is 2.11. The largest absolute Gasteiger partial charge is 0.326 e. The second-order valence-electron chi connectivity index (χ2n) is 5.87. The fourth-order valence-electron chi connectivity index (χ4n) is 2.48. The number of carbonyl (C=O) groups excluding carboxylic acids is 1. The molecule has 0 aromatic heterocycles. The Morgan fingerprint density at radius 1 is 1.19 bits per heavy atom. The van der Waals surface area contributed by atoms with Gasteiger partial charge in [0, 0.05) is 25.2 Å². The summed E-state index contributed by atoms with van der Waals surface area (Å²) in [7, 11) is -3.82. The van der Waals surface area contributed by atoms with Crippen LogP contribution in [-0.2, 0) is 21.4 Å². The SMILES string of the molecule is CCN(CCC(=O)Nc1cccc(S(N)(=O)=O)c1)Cc1cccc(F)c1. The highest BCUT2D eigenvalue weighted by atomic mass is 32.2. The van der Waals surface area contributed by atoms with E-state index in [0.29, 0.717) is 25.3 Å². The van der Waals surface area contributed by atoms with Gasteiger partial charge in [0.05, 0.1) is 4.90 Å². The minimum atomic E-state index is -3.82. The topological polar surface area (TPSA) is 92.5 Å². The van der Waals surface area contributed by atoms with Gasteiger partial charge in [-0.25, -0.2) is 17.9 Å². The van der Waals surface area contributed by atoms with Crippen LogP contribution in [-0.4, -0.2) is 32.3 Å². The van der Waals surface area contributed by atoms with Gasteiger partial charge in [0.25, 0.3) is 0 Å². The zero-order valence-electron chi connectivity index (χ0n) is 14.5. The smallest absolute Gasteiger partial charge is 0.238 e. The van der Waals surface area contributed by atoms with Crippen molar-refractivity contribution in [2.45, 2.75) is 24.8 Å². The summed E-state index contributed by atoms with van der Waals surface area (Å²) in [6, 6.07) is 12.1. The second-order valence-corrected chi connectivity index (χ2v) is 7.43. The summed E-state index contributed by atoms with van der Waals surface area (Å²) in [5, 5.41) is 7.74. The second kappa shape index (κ2) is 8.88. The lowest BCUT2D eigenvalue weighted by Crippen LogP contribution is -2.27. The van der Waals surface area contributed by atoms with Crippen LogP contribution in [0.25, 0.3) is 0 Å². The van der Waals surface area contributed by atoms with Crippen molar-refractivity contribution in [1.82, 2.24) is 4.90 Å². The Morgan fingerprint density at radius 3 is 2.58 bits per heavy atom. The molecule has 26 heavy (non-hydrogen) atoms. The summed E-state index contributed by atoms with van der Waals surface area (Å²) in [6.45, 7) is 3.72. The number of nitrogens with zero attached hydrogens (tertiary/aromatic N) is 1. The number of nitrogens with one attached hydrogen (secondary N) is 1. The summed E-state index contributed by atoms with van der Waals surface area (Å²) in [5.74, 6) is -0.528. The molecule has 8 heteroatoms. The Hall–Kier alpha value is -2.29. The molecule has 0 spiro atoms. The monoisotopic (exact) mass is 379 g/mol. The van der Waals surface area contributed by atoms with E-state index in [2.05, 4.69) is 5.32 Å². The van der Waals surface area contributed by atoms with Gasteiger partial charge in [-0.05, 0) is 42.4 Å². The van der Waals surface area contributed by atoms with Crippen molar-refractivity contribution in [3.63, 3.8) is 0 Å². The maximum atomic E-state index is 13.3. The lowest BCUT2D eigenvalue weighted by atomic mass is 10.2. The molecule has 0 aliphatic heterocycles. The molecule has 2 rings (SSSR count). The van der Waals surface area contributed by atoms with Gasteiger partial charge in [0.2, 0.25) is 15.9 Å². The minimum absolute atomic E-state index is 0.0587. The minimum Gasteiger partial charge on any atom is -0.326 e. The van der Waals surface area contributed by atoms with E-state index < -0.39 is 10.0 Å². The van der Waals surface area contributed by atoms with Crippen LogP contribution in [0.2, 0.25) is 0 Å². The molecule has 0 saturated carbocycles. The van der Waals surface area contributed by atoms with Gasteiger partial charge >= 0.3 is 0 Å². The molecule has 0 unspecified atom stereocenters. The number of benzene rings is 2. The number of hydrogen-bond acceptors (Lipinski definition) is 4. The quantitative estimate of drug-likeness (QED) is 0.736. The summed E-state index contributed by atoms with van der Waals surface area (Å²) in [4.78, 5) is 14.1. The molecule has 1 amide bonds. The number of nitrogens with two attached hydrogens (primary N) is 1. The van der Waals surface area contributed by atoms with E-state index in [9.17, 15) is 17.6 Å². The van der Waals surface area contributed by atoms with Crippen molar-refractivity contribution in [2.75, 3.05) is 18.4 Å². The molecular formula is C18H22FN3O3S. The Kier molecular flexibility index (Phi) is 6.84. The fraction of sp³-hybridized carbons (Fsp3) is 0.278. The maximum absolute atomic E-state index is 13.3. The normalized spacial score (nSPS) is 11.5. The van der Waals surface area contributed by atoms with Crippen molar-refractivity contribution in [1.29, 1.82) is 0 Å². The first-order valence-corrected chi connectivity index (χ1v) is 9.72. The highest BCUT2D eigenvalue weighted by molar-refractivity contribution is 7.89. The van der Waals surface area contributed by atoms with Crippen molar-refractivity contribution in [2.24, 2.45) is 5.14 Å². The molecule has 0 radical (unpaired) electrons. The lowest BCUT2D eigenvalue weighted by Gasteiger charge is -2.20. The maximum Gasteiger partial charge on any atom is 0.238 e. The predicted molar refractivity (Wildman–Crippen MR) is 98.4 cm³/mol. The van der Waals surface area contributed by atoms with Gasteiger partial charge in [0.15, 0.2) is 0 Å². The zero-order chi connectivity index (χ0) is 19.2. The van der Waals surface area contributed by atoms with E-state index in [1.807, 2.05) is 17.9 Å². The van der Waals surface area contributed by atoms with Crippen LogP contribution in [0.15, 0.2) is 53.4 Å². The predicted octanol–water partition coefficient (Wildman–Crippen LogP) is 2.32. The van der Waals surface area contributed by atoms with Crippen LogP contribution >= 0.6 is 0 Å². The number of sulfonamides is 1. The third kappa shape index (κ3) is 6.21. The molecular weight excluding hydrogens is 357 g/mol. The molecule has 2 aromatic rings. The van der Waals surface area contributed by atoms with Gasteiger partial charge in [-0.3, -0.25) is 9.69 Å². The fourth-order valence-corrected chi connectivity index (χ4v) is 3.04. The van der Waals surface area contributed by atoms with E-state index in [0.717, 1.165) is 5.56 Å². The van der Waals surface area contributed by atoms with Crippen molar-refractivity contribution < 1.29 is 17.6 Å². The first-order chi connectivity index (χ1) is 12.3. The number of hydrogen-bond donors (Lipinski definition) is 2. The number of carbonyl (C=O) groups is 1. The average molecular weight is 379 g/mol. The summed E-state index contributed by atoms with van der Waals surface area (Å²) < 4.78 is 36.0. The summed E-state index contributed by atoms with van der Waals surface area (Å²) >= 11 is 0. The molecule has 0 saturated heterocycles. The Balaban J connectivity index is 1.91. The van der Waals surface area contributed by atoms with E-state index in [4.69, 9.17) is 5.14 Å². The van der Waals surface area contributed by atoms with Gasteiger partial charge in [-0.15, -0.1) is 0 Å². The molecule has 3 N–H and O–H groups in total. The van der Waals surface area contributed by atoms with Gasteiger partial charge in [-0.1, -0.05) is 25.1 Å². The van der Waals surface area contributed by atoms with Crippen LogP contribution in [0.5, 0.6) is 0 Å². The Labute approximate surface area is 152 Å². The van der Waals surface area contributed by atoms with Gasteiger partial charge in [-0.2, -0.15) is 0 Å². The molecule has 0 aliphatic carbocycles. The van der Waals surface area contributed by atoms with Crippen LogP contribution in [0.4, 0.5) is 10.1 Å². The Bertz CT molecular complexity index is 871. The van der Waals surface area contributed by atoms with Crippen LogP contribution in [0, 0.1) is 5.82 Å². The van der Waals surface area contributed by atoms with Crippen molar-refractivity contribution in [3.05, 3.63) is 59.9 Å². The number of amides is 1. The average Bonchev–Trinajstić information content (AvgIpc) is 2.58. The lowest BCUT2D eigenvalue weighted by molar-refractivity contribution is -0.116. The molecule has 0 atom stereocenters. The van der Waals surface area contributed by atoms with Crippen LogP contribution < -0.4 is 10.5 Å². The zero-order valence-corrected chi connectivity index (χ0v) is 15.3. The number of primary sulfonamides is 1. The molecule has 0 heterocycles. The van der Waals surface area contributed by atoms with Crippen LogP contribution in [0.1, 0.15) is 18.9 Å². The molecule has 140 valence electrons. The van der Waals surface area contributed by atoms with E-state index >= 15 is 0 Å². The molecule has 0 bridgehead atoms. The first-order valence-electron chi connectivity index (χ1n) is 8.17. The third-order valence-electron chi connectivity index (χ3n) is 3.84.